The molecule has 0 bridgehead atoms. The third-order valence-corrected chi connectivity index (χ3v) is 2.55. The molecule has 1 rings (SSSR count). The zero-order valence-electron chi connectivity index (χ0n) is 7.79. The molecule has 0 heterocycles. The number of nitrogens with zero attached hydrogens (tertiary/aromatic N) is 2. The van der Waals surface area contributed by atoms with Crippen molar-refractivity contribution in [2.75, 3.05) is 0 Å². The van der Waals surface area contributed by atoms with Gasteiger partial charge in [0.1, 0.15) is 0 Å². The highest BCUT2D eigenvalue weighted by molar-refractivity contribution is 8.13. The molecule has 7 heteroatoms. The molecule has 4 N–H and O–H groups in total. The lowest BCUT2D eigenvalue weighted by Crippen LogP contribution is -2.09. The summed E-state index contributed by atoms with van der Waals surface area (Å²) < 4.78 is 0. The Hall–Kier alpha value is -1.76. The number of thioether (sulfide) groups is 1. The van der Waals surface area contributed by atoms with Gasteiger partial charge in [-0.15, -0.1) is 0 Å². The maximum absolute atomic E-state index is 10.6. The highest BCUT2D eigenvalue weighted by Crippen LogP contribution is 2.22. The van der Waals surface area contributed by atoms with Crippen LogP contribution < -0.4 is 11.6 Å². The Balaban J connectivity index is 2.80. The lowest BCUT2D eigenvalue weighted by Gasteiger charge is -2.01. The number of nitro benzene ring substituents is 1. The SMILES string of the molecule is NN=C(N)SCc1ccccc1[N+](=O)[O-]. The highest BCUT2D eigenvalue weighted by Gasteiger charge is 2.12. The fourth-order valence-electron chi connectivity index (χ4n) is 1.000. The average Bonchev–Trinajstić information content (AvgIpc) is 2.26. The zero-order chi connectivity index (χ0) is 11.3. The monoisotopic (exact) mass is 226 g/mol. The van der Waals surface area contributed by atoms with Crippen LogP contribution in [0.15, 0.2) is 29.4 Å². The second-order valence-corrected chi connectivity index (χ2v) is 3.64. The second-order valence-electron chi connectivity index (χ2n) is 2.64. The van der Waals surface area contributed by atoms with E-state index >= 15 is 0 Å². The lowest BCUT2D eigenvalue weighted by atomic mass is 10.2. The first-order chi connectivity index (χ1) is 7.15. The fourth-order valence-corrected chi connectivity index (χ4v) is 1.62. The number of rotatable bonds is 3. The highest BCUT2D eigenvalue weighted by atomic mass is 32.2. The van der Waals surface area contributed by atoms with E-state index in [0.717, 1.165) is 11.8 Å². The van der Waals surface area contributed by atoms with E-state index in [1.54, 1.807) is 18.2 Å². The van der Waals surface area contributed by atoms with Crippen molar-refractivity contribution in [3.8, 4) is 0 Å². The first-order valence-corrected chi connectivity index (χ1v) is 5.02. The summed E-state index contributed by atoms with van der Waals surface area (Å²) in [4.78, 5) is 10.2. The predicted octanol–water partition coefficient (Wildman–Crippen LogP) is 1.02. The van der Waals surface area contributed by atoms with E-state index in [1.807, 2.05) is 0 Å². The Morgan fingerprint density at radius 3 is 2.80 bits per heavy atom. The Bertz CT molecular complexity index is 394. The lowest BCUT2D eigenvalue weighted by molar-refractivity contribution is -0.385. The van der Waals surface area contributed by atoms with Crippen LogP contribution in [0.4, 0.5) is 5.69 Å². The predicted molar refractivity (Wildman–Crippen MR) is 60.2 cm³/mol. The van der Waals surface area contributed by atoms with Crippen molar-refractivity contribution >= 4 is 22.6 Å². The van der Waals surface area contributed by atoms with Crippen molar-refractivity contribution in [3.05, 3.63) is 39.9 Å². The van der Waals surface area contributed by atoms with Crippen molar-refractivity contribution in [1.82, 2.24) is 0 Å². The van der Waals surface area contributed by atoms with Gasteiger partial charge in [-0.25, -0.2) is 0 Å². The van der Waals surface area contributed by atoms with Crippen molar-refractivity contribution in [1.29, 1.82) is 0 Å². The maximum atomic E-state index is 10.6. The molecule has 0 amide bonds. The minimum absolute atomic E-state index is 0.0785. The third kappa shape index (κ3) is 3.13. The molecule has 80 valence electrons. The normalized spacial score (nSPS) is 11.3. The van der Waals surface area contributed by atoms with Crippen molar-refractivity contribution in [2.45, 2.75) is 5.75 Å². The molecule has 0 fully saturated rings. The van der Waals surface area contributed by atoms with Gasteiger partial charge in [0.2, 0.25) is 0 Å². The summed E-state index contributed by atoms with van der Waals surface area (Å²) in [5, 5.41) is 14.1. The van der Waals surface area contributed by atoms with E-state index in [9.17, 15) is 10.1 Å². The summed E-state index contributed by atoms with van der Waals surface area (Å²) in [6, 6.07) is 6.48. The minimum atomic E-state index is -0.425. The number of nitro groups is 1. The van der Waals surface area contributed by atoms with Crippen LogP contribution in [-0.2, 0) is 5.75 Å². The van der Waals surface area contributed by atoms with Crippen LogP contribution >= 0.6 is 11.8 Å². The van der Waals surface area contributed by atoms with Crippen LogP contribution in [-0.4, -0.2) is 10.1 Å². The zero-order valence-corrected chi connectivity index (χ0v) is 8.61. The molecule has 0 radical (unpaired) electrons. The molecule has 6 nitrogen and oxygen atoms in total. The van der Waals surface area contributed by atoms with Crippen LogP contribution in [0.2, 0.25) is 0 Å². The van der Waals surface area contributed by atoms with Gasteiger partial charge in [-0.05, 0) is 0 Å². The van der Waals surface area contributed by atoms with E-state index in [-0.39, 0.29) is 10.9 Å². The average molecular weight is 226 g/mol. The second kappa shape index (κ2) is 5.20. The summed E-state index contributed by atoms with van der Waals surface area (Å²) >= 11 is 1.16. The molecule has 1 aromatic rings. The van der Waals surface area contributed by atoms with E-state index in [4.69, 9.17) is 11.6 Å². The molecular formula is C8H10N4O2S. The number of nitrogens with two attached hydrogens (primary N) is 2. The van der Waals surface area contributed by atoms with Gasteiger partial charge in [0.15, 0.2) is 5.17 Å². The summed E-state index contributed by atoms with van der Waals surface area (Å²) in [5.74, 6) is 5.32. The molecule has 0 atom stereocenters. The van der Waals surface area contributed by atoms with Gasteiger partial charge < -0.3 is 11.6 Å². The molecule has 0 unspecified atom stereocenters. The van der Waals surface area contributed by atoms with E-state index in [1.165, 1.54) is 6.07 Å². The maximum Gasteiger partial charge on any atom is 0.273 e. The number of para-hydroxylation sites is 1. The van der Waals surface area contributed by atoms with Gasteiger partial charge in [0.25, 0.3) is 5.69 Å². The molecule has 1 aromatic carbocycles. The van der Waals surface area contributed by atoms with Gasteiger partial charge in [-0.1, -0.05) is 30.0 Å². The standard InChI is InChI=1S/C8H10N4O2S/c9-8(11-10)15-5-6-3-1-2-4-7(6)12(13)14/h1-4H,5,10H2,(H2,9,11). The van der Waals surface area contributed by atoms with E-state index < -0.39 is 4.92 Å². The van der Waals surface area contributed by atoms with Crippen LogP contribution in [0.25, 0.3) is 0 Å². The summed E-state index contributed by atoms with van der Waals surface area (Å²) in [6.45, 7) is 0. The first kappa shape index (κ1) is 11.3. The molecule has 15 heavy (non-hydrogen) atoms. The summed E-state index contributed by atoms with van der Waals surface area (Å²) in [7, 11) is 0. The number of hydrogen-bond acceptors (Lipinski definition) is 5. The van der Waals surface area contributed by atoms with Gasteiger partial charge in [-0.2, -0.15) is 5.10 Å². The van der Waals surface area contributed by atoms with Crippen molar-refractivity contribution in [2.24, 2.45) is 16.7 Å². The minimum Gasteiger partial charge on any atom is -0.377 e. The smallest absolute Gasteiger partial charge is 0.273 e. The number of amidine groups is 1. The Kier molecular flexibility index (Phi) is 3.92. The molecule has 0 aliphatic carbocycles. The van der Waals surface area contributed by atoms with E-state index in [0.29, 0.717) is 11.3 Å². The topological polar surface area (TPSA) is 108 Å². The largest absolute Gasteiger partial charge is 0.377 e. The molecule has 0 aromatic heterocycles. The Morgan fingerprint density at radius 2 is 2.20 bits per heavy atom. The summed E-state index contributed by atoms with van der Waals surface area (Å²) in [6.07, 6.45) is 0. The van der Waals surface area contributed by atoms with Crippen LogP contribution in [0, 0.1) is 10.1 Å². The summed E-state index contributed by atoms with van der Waals surface area (Å²) in [5.41, 5.74) is 6.04. The molecule has 0 saturated carbocycles. The fraction of sp³-hybridized carbons (Fsp3) is 0.125. The number of hydrogen-bond donors (Lipinski definition) is 2. The molecule has 0 aliphatic rings. The van der Waals surface area contributed by atoms with Gasteiger partial charge in [0.05, 0.1) is 4.92 Å². The van der Waals surface area contributed by atoms with Crippen LogP contribution in [0.3, 0.4) is 0 Å². The van der Waals surface area contributed by atoms with E-state index in [2.05, 4.69) is 5.10 Å². The van der Waals surface area contributed by atoms with Crippen LogP contribution in [0.5, 0.6) is 0 Å². The van der Waals surface area contributed by atoms with Crippen molar-refractivity contribution in [3.63, 3.8) is 0 Å². The molecule has 0 spiro atoms. The van der Waals surface area contributed by atoms with Crippen molar-refractivity contribution < 1.29 is 4.92 Å². The Labute approximate surface area is 90.5 Å². The number of benzene rings is 1. The molecule has 0 aliphatic heterocycles. The Morgan fingerprint density at radius 1 is 1.53 bits per heavy atom. The molecule has 0 saturated heterocycles. The molecular weight excluding hydrogens is 216 g/mol. The quantitative estimate of drug-likeness (QED) is 0.263. The first-order valence-electron chi connectivity index (χ1n) is 4.03. The van der Waals surface area contributed by atoms with Gasteiger partial charge in [0, 0.05) is 17.4 Å². The number of hydrazone groups is 1. The van der Waals surface area contributed by atoms with Crippen LogP contribution in [0.1, 0.15) is 5.56 Å². The van der Waals surface area contributed by atoms with Gasteiger partial charge >= 0.3 is 0 Å². The van der Waals surface area contributed by atoms with Gasteiger partial charge in [-0.3, -0.25) is 10.1 Å². The third-order valence-electron chi connectivity index (χ3n) is 1.69.